The number of hydrogen-bond acceptors (Lipinski definition) is 6. The number of methoxy groups -OCH3 is 1. The van der Waals surface area contributed by atoms with Crippen LogP contribution in [0.4, 0.5) is 5.69 Å². The van der Waals surface area contributed by atoms with Gasteiger partial charge in [0.05, 0.1) is 27.9 Å². The number of rotatable bonds is 5. The van der Waals surface area contributed by atoms with E-state index in [1.807, 2.05) is 6.07 Å². The molecular formula is C21H33N5O2S. The number of hydrogen-bond donors (Lipinski definition) is 2. The lowest BCUT2D eigenvalue weighted by Crippen LogP contribution is -2.54. The highest BCUT2D eigenvalue weighted by Gasteiger charge is 2.35. The standard InChI is InChI=1S/C21H33N5O2S/c1-14-12-22-19(15(2)20(14)28-4)13-29(27)21-23-17-6-5-16(11-18(17)24-21)26-9-7-25(3)8-10-26/h5-6,11,14-15,19-20,22H,7-10,12-13H2,1-4H3,(H,23,24). The Morgan fingerprint density at radius 3 is 2.72 bits per heavy atom. The molecule has 2 aromatic rings. The van der Waals surface area contributed by atoms with Gasteiger partial charge in [-0.2, -0.15) is 0 Å². The van der Waals surface area contributed by atoms with E-state index in [4.69, 9.17) is 4.74 Å². The normalized spacial score (nSPS) is 30.0. The van der Waals surface area contributed by atoms with Crippen molar-refractivity contribution in [3.05, 3.63) is 18.2 Å². The van der Waals surface area contributed by atoms with E-state index in [0.29, 0.717) is 22.7 Å². The van der Waals surface area contributed by atoms with E-state index in [1.165, 1.54) is 5.69 Å². The second-order valence-corrected chi connectivity index (χ2v) is 10.0. The van der Waals surface area contributed by atoms with Gasteiger partial charge >= 0.3 is 0 Å². The quantitative estimate of drug-likeness (QED) is 0.768. The highest BCUT2D eigenvalue weighted by atomic mass is 32.2. The number of benzene rings is 1. The van der Waals surface area contributed by atoms with Crippen LogP contribution >= 0.6 is 0 Å². The molecule has 5 atom stereocenters. The Bertz CT molecular complexity index is 864. The fourth-order valence-corrected chi connectivity index (χ4v) is 5.96. The molecule has 1 aromatic heterocycles. The average molecular weight is 420 g/mol. The summed E-state index contributed by atoms with van der Waals surface area (Å²) in [5.74, 6) is 1.30. The molecule has 0 spiro atoms. The molecule has 1 aromatic carbocycles. The number of imidazole rings is 1. The summed E-state index contributed by atoms with van der Waals surface area (Å²) < 4.78 is 18.7. The van der Waals surface area contributed by atoms with Crippen LogP contribution in [0.2, 0.25) is 0 Å². The van der Waals surface area contributed by atoms with Gasteiger partial charge in [-0.1, -0.05) is 13.8 Å². The molecule has 0 aliphatic carbocycles. The Hall–Kier alpha value is -1.48. The molecule has 7 nitrogen and oxygen atoms in total. The van der Waals surface area contributed by atoms with Crippen LogP contribution in [0.5, 0.6) is 0 Å². The number of nitrogens with one attached hydrogen (secondary N) is 2. The van der Waals surface area contributed by atoms with Crippen LogP contribution in [0, 0.1) is 11.8 Å². The number of H-pyrrole nitrogens is 1. The minimum Gasteiger partial charge on any atom is -0.381 e. The topological polar surface area (TPSA) is 73.5 Å². The molecule has 0 amide bonds. The first kappa shape index (κ1) is 20.8. The van der Waals surface area contributed by atoms with Gasteiger partial charge in [0.15, 0.2) is 5.16 Å². The van der Waals surface area contributed by atoms with Crippen molar-refractivity contribution in [2.24, 2.45) is 11.8 Å². The summed E-state index contributed by atoms with van der Waals surface area (Å²) in [6, 6.07) is 6.45. The maximum atomic E-state index is 13.0. The summed E-state index contributed by atoms with van der Waals surface area (Å²) in [4.78, 5) is 12.7. The maximum absolute atomic E-state index is 13.0. The number of anilines is 1. The Balaban J connectivity index is 1.47. The van der Waals surface area contributed by atoms with Gasteiger partial charge in [-0.15, -0.1) is 0 Å². The maximum Gasteiger partial charge on any atom is 0.197 e. The molecule has 29 heavy (non-hydrogen) atoms. The van der Waals surface area contributed by atoms with Gasteiger partial charge in [0.1, 0.15) is 0 Å². The molecule has 3 heterocycles. The number of fused-ring (bicyclic) bond motifs is 1. The summed E-state index contributed by atoms with van der Waals surface area (Å²) in [5.41, 5.74) is 3.03. The second-order valence-electron chi connectivity index (χ2n) is 8.60. The van der Waals surface area contributed by atoms with E-state index in [9.17, 15) is 4.21 Å². The van der Waals surface area contributed by atoms with Crippen LogP contribution in [0.15, 0.2) is 23.4 Å². The molecule has 2 aliphatic heterocycles. The first-order valence-electron chi connectivity index (χ1n) is 10.5. The fourth-order valence-electron chi connectivity index (χ4n) is 4.63. The Morgan fingerprint density at radius 2 is 2.00 bits per heavy atom. The van der Waals surface area contributed by atoms with Crippen molar-refractivity contribution in [1.29, 1.82) is 0 Å². The van der Waals surface area contributed by atoms with Crippen LogP contribution < -0.4 is 10.2 Å². The lowest BCUT2D eigenvalue weighted by molar-refractivity contribution is -0.0136. The Morgan fingerprint density at radius 1 is 1.24 bits per heavy atom. The fraction of sp³-hybridized carbons (Fsp3) is 0.667. The van der Waals surface area contributed by atoms with Gasteiger partial charge in [0.2, 0.25) is 0 Å². The molecule has 160 valence electrons. The van der Waals surface area contributed by atoms with Crippen LogP contribution in [0.25, 0.3) is 11.0 Å². The molecule has 0 radical (unpaired) electrons. The van der Waals surface area contributed by atoms with Crippen molar-refractivity contribution < 1.29 is 8.95 Å². The molecule has 0 bridgehead atoms. The molecular weight excluding hydrogens is 386 g/mol. The van der Waals surface area contributed by atoms with Crippen LogP contribution in [0.3, 0.4) is 0 Å². The van der Waals surface area contributed by atoms with Gasteiger partial charge < -0.3 is 24.8 Å². The van der Waals surface area contributed by atoms with Gasteiger partial charge in [-0.05, 0) is 37.1 Å². The first-order valence-corrected chi connectivity index (χ1v) is 11.9. The third-order valence-electron chi connectivity index (χ3n) is 6.55. The van der Waals surface area contributed by atoms with Crippen molar-refractivity contribution in [1.82, 2.24) is 20.2 Å². The number of piperidine rings is 1. The van der Waals surface area contributed by atoms with Gasteiger partial charge in [0, 0.05) is 57.3 Å². The first-order chi connectivity index (χ1) is 14.0. The van der Waals surface area contributed by atoms with E-state index < -0.39 is 10.8 Å². The van der Waals surface area contributed by atoms with Gasteiger partial charge in [-0.3, -0.25) is 4.21 Å². The SMILES string of the molecule is COC1C(C)CNC(CS(=O)c2nc3ccc(N4CCN(C)CC4)cc3[nH]2)C1C. The van der Waals surface area contributed by atoms with Crippen LogP contribution in [0.1, 0.15) is 13.8 Å². The molecule has 2 saturated heterocycles. The number of likely N-dealkylation sites (N-methyl/N-ethyl adjacent to an activating group) is 1. The molecule has 2 aliphatic rings. The van der Waals surface area contributed by atoms with Crippen LogP contribution in [-0.4, -0.2) is 83.9 Å². The smallest absolute Gasteiger partial charge is 0.197 e. The zero-order chi connectivity index (χ0) is 20.5. The highest BCUT2D eigenvalue weighted by molar-refractivity contribution is 7.84. The number of aromatic nitrogens is 2. The number of nitrogens with zero attached hydrogens (tertiary/aromatic N) is 3. The lowest BCUT2D eigenvalue weighted by atomic mass is 9.84. The minimum atomic E-state index is -1.18. The molecule has 5 unspecified atom stereocenters. The monoisotopic (exact) mass is 419 g/mol. The summed E-state index contributed by atoms with van der Waals surface area (Å²) in [5, 5.41) is 4.11. The third kappa shape index (κ3) is 4.35. The number of aromatic amines is 1. The Kier molecular flexibility index (Phi) is 6.24. The van der Waals surface area contributed by atoms with Crippen molar-refractivity contribution in [2.45, 2.75) is 31.1 Å². The van der Waals surface area contributed by atoms with E-state index in [-0.39, 0.29) is 12.1 Å². The molecule has 2 fully saturated rings. The minimum absolute atomic E-state index is 0.158. The van der Waals surface area contributed by atoms with E-state index in [0.717, 1.165) is 43.8 Å². The number of ether oxygens (including phenoxy) is 1. The summed E-state index contributed by atoms with van der Waals surface area (Å²) in [6.07, 6.45) is 0.195. The molecule has 8 heteroatoms. The Labute approximate surface area is 175 Å². The number of piperazine rings is 1. The largest absolute Gasteiger partial charge is 0.381 e. The molecule has 2 N–H and O–H groups in total. The van der Waals surface area contributed by atoms with Gasteiger partial charge in [0.25, 0.3) is 0 Å². The summed E-state index contributed by atoms with van der Waals surface area (Å²) >= 11 is 0. The lowest BCUT2D eigenvalue weighted by Gasteiger charge is -2.39. The highest BCUT2D eigenvalue weighted by Crippen LogP contribution is 2.26. The molecule has 0 saturated carbocycles. The van der Waals surface area contributed by atoms with Crippen LogP contribution in [-0.2, 0) is 15.5 Å². The van der Waals surface area contributed by atoms with E-state index in [2.05, 4.69) is 58.1 Å². The average Bonchev–Trinajstić information content (AvgIpc) is 3.14. The summed E-state index contributed by atoms with van der Waals surface area (Å²) in [6.45, 7) is 9.47. The zero-order valence-electron chi connectivity index (χ0n) is 17.9. The summed E-state index contributed by atoms with van der Waals surface area (Å²) in [7, 11) is 2.75. The van der Waals surface area contributed by atoms with Gasteiger partial charge in [-0.25, -0.2) is 4.98 Å². The van der Waals surface area contributed by atoms with Crippen molar-refractivity contribution >= 4 is 27.5 Å². The van der Waals surface area contributed by atoms with Crippen molar-refractivity contribution in [3.63, 3.8) is 0 Å². The molecule has 4 rings (SSSR count). The second kappa shape index (κ2) is 8.71. The third-order valence-corrected chi connectivity index (χ3v) is 7.83. The van der Waals surface area contributed by atoms with Crippen molar-refractivity contribution in [3.8, 4) is 0 Å². The van der Waals surface area contributed by atoms with Crippen molar-refractivity contribution in [2.75, 3.05) is 57.5 Å². The van der Waals surface area contributed by atoms with E-state index >= 15 is 0 Å². The predicted molar refractivity (Wildman–Crippen MR) is 118 cm³/mol. The van der Waals surface area contributed by atoms with E-state index in [1.54, 1.807) is 7.11 Å². The zero-order valence-corrected chi connectivity index (χ0v) is 18.7. The predicted octanol–water partition coefficient (Wildman–Crippen LogP) is 1.68.